The number of likely N-dealkylation sites (tertiary alicyclic amines) is 3. The van der Waals surface area contributed by atoms with Crippen LogP contribution in [0.1, 0.15) is 56.1 Å². The molecule has 279 valence electrons. The molecule has 16 heteroatoms. The molecule has 3 unspecified atom stereocenters. The molecule has 4 aliphatic rings. The molecule has 0 aliphatic carbocycles. The number of aromatic hydroxyl groups is 1. The van der Waals surface area contributed by atoms with E-state index >= 15 is 0 Å². The molecular formula is C36H42Br2N5O9. The van der Waals surface area contributed by atoms with E-state index < -0.39 is 42.1 Å². The van der Waals surface area contributed by atoms with Crippen LogP contribution in [-0.4, -0.2) is 118 Å². The lowest BCUT2D eigenvalue weighted by molar-refractivity contribution is -0.311. The van der Waals surface area contributed by atoms with E-state index in [1.165, 1.54) is 9.80 Å². The number of hydrogen-bond donors (Lipinski definition) is 3. The van der Waals surface area contributed by atoms with Crippen LogP contribution in [-0.2, 0) is 32.0 Å². The lowest BCUT2D eigenvalue weighted by Gasteiger charge is -2.41. The third-order valence-corrected chi connectivity index (χ3v) is 12.0. The number of carbonyl (C=O) groups is 5. The number of rotatable bonds is 8. The highest BCUT2D eigenvalue weighted by Gasteiger charge is 2.47. The van der Waals surface area contributed by atoms with Crippen molar-refractivity contribution in [3.05, 3.63) is 56.5 Å². The third kappa shape index (κ3) is 8.33. The monoisotopic (exact) mass is 846 g/mol. The first kappa shape index (κ1) is 37.9. The maximum atomic E-state index is 14.3. The predicted molar refractivity (Wildman–Crippen MR) is 194 cm³/mol. The number of nitrogens with one attached hydrogen (secondary N) is 1. The number of phenols is 1. The zero-order valence-corrected chi connectivity index (χ0v) is 31.7. The number of amides is 4. The first-order chi connectivity index (χ1) is 24.9. The van der Waals surface area contributed by atoms with E-state index in [9.17, 15) is 39.3 Å². The molecule has 0 aromatic heterocycles. The van der Waals surface area contributed by atoms with Gasteiger partial charge >= 0.3 is 18.1 Å². The number of carboxylic acid groups (broad SMARTS) is 2. The summed E-state index contributed by atoms with van der Waals surface area (Å²) in [4.78, 5) is 71.9. The molecule has 4 heterocycles. The van der Waals surface area contributed by atoms with Gasteiger partial charge in [0.25, 0.3) is 5.91 Å². The number of benzene rings is 2. The molecule has 0 spiro atoms. The Morgan fingerprint density at radius 2 is 1.71 bits per heavy atom. The highest BCUT2D eigenvalue weighted by molar-refractivity contribution is 9.11. The van der Waals surface area contributed by atoms with Crippen molar-refractivity contribution in [1.29, 1.82) is 0 Å². The zero-order chi connectivity index (χ0) is 37.1. The van der Waals surface area contributed by atoms with Crippen LogP contribution in [0.25, 0.3) is 0 Å². The Hall–Kier alpha value is -3.89. The first-order valence-corrected chi connectivity index (χ1v) is 19.3. The van der Waals surface area contributed by atoms with Crippen LogP contribution in [0.3, 0.4) is 0 Å². The van der Waals surface area contributed by atoms with Crippen LogP contribution < -0.4 is 15.3 Å². The van der Waals surface area contributed by atoms with E-state index in [1.807, 2.05) is 29.2 Å². The van der Waals surface area contributed by atoms with Gasteiger partial charge in [0, 0.05) is 70.0 Å². The average Bonchev–Trinajstić information content (AvgIpc) is 3.30. The van der Waals surface area contributed by atoms with E-state index in [0.29, 0.717) is 59.7 Å². The van der Waals surface area contributed by atoms with E-state index in [-0.39, 0.29) is 56.3 Å². The van der Waals surface area contributed by atoms with Gasteiger partial charge in [-0.05, 0) is 86.9 Å². The minimum atomic E-state index is -1.40. The van der Waals surface area contributed by atoms with Crippen molar-refractivity contribution in [2.24, 2.45) is 0 Å². The van der Waals surface area contributed by atoms with Crippen molar-refractivity contribution in [1.82, 2.24) is 19.6 Å². The fourth-order valence-corrected chi connectivity index (χ4v) is 9.28. The molecule has 4 amide bonds. The number of fused-ring (bicyclic) bond motifs is 1. The molecule has 3 saturated heterocycles. The molecule has 52 heavy (non-hydrogen) atoms. The first-order valence-electron chi connectivity index (χ1n) is 17.7. The summed E-state index contributed by atoms with van der Waals surface area (Å²) < 4.78 is 6.63. The van der Waals surface area contributed by atoms with E-state index in [4.69, 9.17) is 4.74 Å². The number of anilines is 1. The maximum absolute atomic E-state index is 14.3. The molecule has 0 bridgehead atoms. The van der Waals surface area contributed by atoms with Gasteiger partial charge in [-0.25, -0.2) is 14.4 Å². The highest BCUT2D eigenvalue weighted by Crippen LogP contribution is 2.35. The van der Waals surface area contributed by atoms with Crippen molar-refractivity contribution < 1.29 is 44.0 Å². The highest BCUT2D eigenvalue weighted by atomic mass is 79.9. The van der Waals surface area contributed by atoms with Gasteiger partial charge in [-0.15, -0.1) is 0 Å². The summed E-state index contributed by atoms with van der Waals surface area (Å²) in [5.41, 5.74) is 2.40. The standard InChI is InChI=1S/C36H43Br2N5O9/c37-25-17-21(18-26(38)31(25)44)19-30(32(45)43-16-11-24(20-29(43)34(48)49)41-12-4-3-7-28(41)33(46)47)52-36(51)40-13-9-23(10-14-40)42-15-8-22-5-1-2-6-27(22)39-35(42)50/h1-2,5-6,17-18,23-24,28-30,44H,3-4,7-16,19-20H2,(H,39,50)(H,46,47)(H,48,49)/q+1/p-1/t24?,28?,29?,30-/m1/s1. The van der Waals surface area contributed by atoms with Gasteiger partial charge in [0.15, 0.2) is 12.1 Å². The van der Waals surface area contributed by atoms with Gasteiger partial charge in [-0.1, -0.05) is 18.2 Å². The number of urea groups is 1. The Kier molecular flexibility index (Phi) is 12.0. The second-order valence-corrected chi connectivity index (χ2v) is 15.6. The van der Waals surface area contributed by atoms with E-state index in [1.54, 1.807) is 17.0 Å². The van der Waals surface area contributed by atoms with Crippen LogP contribution in [0.15, 0.2) is 45.3 Å². The number of aliphatic carboxylic acids is 2. The molecule has 2 aromatic rings. The summed E-state index contributed by atoms with van der Waals surface area (Å²) in [6, 6.07) is 8.15. The normalized spacial score (nSPS) is 23.6. The molecular weight excluding hydrogens is 806 g/mol. The summed E-state index contributed by atoms with van der Waals surface area (Å²) in [6.07, 6.45) is 1.81. The number of hydrogen-bond acceptors (Lipinski definition) is 9. The van der Waals surface area contributed by atoms with E-state index in [0.717, 1.165) is 24.1 Å². The van der Waals surface area contributed by atoms with Crippen LogP contribution >= 0.6 is 31.9 Å². The minimum absolute atomic E-state index is 0.0184. The largest absolute Gasteiger partial charge is 0.544 e. The molecule has 6 rings (SSSR count). The summed E-state index contributed by atoms with van der Waals surface area (Å²) in [5.74, 6) is -3.14. The summed E-state index contributed by atoms with van der Waals surface area (Å²) in [7, 11) is 0. The number of halogens is 2. The SMILES string of the molecule is O=C(O)C1CC([N+]2CCCCC2C(=O)[O-])CCN1C(=O)[C@@H](Cc1cc(Br)c(O)c(Br)c1)OC(=O)N1CCC(N2CCc3ccccc3NC2=O)CC1. The summed E-state index contributed by atoms with van der Waals surface area (Å²) in [6.45, 7) is 1.65. The van der Waals surface area contributed by atoms with Crippen LogP contribution in [0.2, 0.25) is 0 Å². The summed E-state index contributed by atoms with van der Waals surface area (Å²) in [5, 5.41) is 35.5. The van der Waals surface area contributed by atoms with Crippen molar-refractivity contribution in [3.63, 3.8) is 0 Å². The molecule has 4 atom stereocenters. The van der Waals surface area contributed by atoms with E-state index in [2.05, 4.69) is 37.2 Å². The molecule has 2 aromatic carbocycles. The van der Waals surface area contributed by atoms with Gasteiger partial charge in [0.2, 0.25) is 0 Å². The Bertz CT molecular complexity index is 1680. The Morgan fingerprint density at radius 1 is 1.00 bits per heavy atom. The fraction of sp³-hybridized carbons (Fsp3) is 0.528. The minimum Gasteiger partial charge on any atom is -0.544 e. The second kappa shape index (κ2) is 16.4. The molecule has 0 saturated carbocycles. The van der Waals surface area contributed by atoms with Gasteiger partial charge < -0.3 is 44.9 Å². The van der Waals surface area contributed by atoms with Gasteiger partial charge in [0.05, 0.1) is 8.95 Å². The van der Waals surface area contributed by atoms with Crippen molar-refractivity contribution in [3.8, 4) is 5.75 Å². The van der Waals surface area contributed by atoms with Crippen LogP contribution in [0.5, 0.6) is 5.75 Å². The molecule has 3 fully saturated rings. The number of ether oxygens (including phenoxy) is 1. The molecule has 14 nitrogen and oxygen atoms in total. The van der Waals surface area contributed by atoms with Gasteiger partial charge in [0.1, 0.15) is 30.3 Å². The zero-order valence-electron chi connectivity index (χ0n) is 28.5. The smallest absolute Gasteiger partial charge is 0.410 e. The van der Waals surface area contributed by atoms with Crippen molar-refractivity contribution in [2.75, 3.05) is 38.0 Å². The van der Waals surface area contributed by atoms with Gasteiger partial charge in [-0.3, -0.25) is 4.79 Å². The second-order valence-electron chi connectivity index (χ2n) is 13.9. The number of nitrogens with zero attached hydrogens (tertiary/aromatic N) is 4. The number of para-hydroxylation sites is 1. The number of carboxylic acids is 2. The lowest BCUT2D eigenvalue weighted by atomic mass is 9.90. The van der Waals surface area contributed by atoms with Crippen molar-refractivity contribution >= 4 is 67.5 Å². The van der Waals surface area contributed by atoms with Crippen molar-refractivity contribution in [2.45, 2.75) is 88.1 Å². The average molecular weight is 849 g/mol. The topological polar surface area (TPSA) is 186 Å². The third-order valence-electron chi connectivity index (χ3n) is 10.7. The Balaban J connectivity index is 1.15. The quantitative estimate of drug-likeness (QED) is 0.335. The van der Waals surface area contributed by atoms with Gasteiger partial charge in [-0.2, -0.15) is 4.90 Å². The van der Waals surface area contributed by atoms with Crippen LogP contribution in [0.4, 0.5) is 15.3 Å². The summed E-state index contributed by atoms with van der Waals surface area (Å²) >= 11 is 6.61. The molecule has 4 aliphatic heterocycles. The number of phenolic OH excluding ortho intramolecular Hbond substituents is 1. The fourth-order valence-electron chi connectivity index (χ4n) is 8.00. The molecule has 3 N–H and O–H groups in total. The maximum Gasteiger partial charge on any atom is 0.410 e. The van der Waals surface area contributed by atoms with Crippen LogP contribution in [0, 0.1) is 0 Å². The number of carbonyl (C=O) groups excluding carboxylic acids is 4. The molecule has 1 radical (unpaired) electrons. The Morgan fingerprint density at radius 3 is 2.40 bits per heavy atom. The Labute approximate surface area is 318 Å². The number of piperidine rings is 3. The predicted octanol–water partition coefficient (Wildman–Crippen LogP) is 3.41. The lowest BCUT2D eigenvalue weighted by Crippen LogP contribution is -2.63.